The first-order valence-electron chi connectivity index (χ1n) is 9.06. The van der Waals surface area contributed by atoms with Gasteiger partial charge in [0.05, 0.1) is 25.2 Å². The van der Waals surface area contributed by atoms with Gasteiger partial charge in [-0.05, 0) is 43.7 Å². The van der Waals surface area contributed by atoms with Crippen molar-refractivity contribution in [3.63, 3.8) is 0 Å². The number of carbonyl (C=O) groups is 1. The third-order valence-corrected chi connectivity index (χ3v) is 5.63. The van der Waals surface area contributed by atoms with Crippen LogP contribution in [0, 0.1) is 6.92 Å². The lowest BCUT2D eigenvalue weighted by atomic mass is 10.2. The third kappa shape index (κ3) is 5.75. The van der Waals surface area contributed by atoms with Crippen LogP contribution in [-0.4, -0.2) is 40.0 Å². The van der Waals surface area contributed by atoms with Crippen molar-refractivity contribution in [3.8, 4) is 5.75 Å². The van der Waals surface area contributed by atoms with Gasteiger partial charge in [-0.2, -0.15) is 17.9 Å². The molecule has 2 aromatic rings. The topological polar surface area (TPSA) is 90.9 Å². The molecule has 31 heavy (non-hydrogen) atoms. The lowest BCUT2D eigenvalue weighted by Crippen LogP contribution is -2.66. The number of hydrogen-bond acceptors (Lipinski definition) is 6. The molecule has 0 heterocycles. The van der Waals surface area contributed by atoms with Crippen molar-refractivity contribution in [3.05, 3.63) is 59.7 Å². The summed E-state index contributed by atoms with van der Waals surface area (Å²) in [6.45, 7) is 1.81. The van der Waals surface area contributed by atoms with Crippen LogP contribution in [-0.2, 0) is 30.9 Å². The van der Waals surface area contributed by atoms with E-state index < -0.39 is 46.0 Å². The van der Waals surface area contributed by atoms with Crippen LogP contribution < -0.4 is 9.46 Å². The number of benzene rings is 2. The summed E-state index contributed by atoms with van der Waals surface area (Å²) in [4.78, 5) is 11.9. The first-order valence-corrected chi connectivity index (χ1v) is 10.5. The minimum absolute atomic E-state index is 0.244. The number of esters is 1. The molecular weight excluding hydrogens is 439 g/mol. The van der Waals surface area contributed by atoms with Gasteiger partial charge in [-0.1, -0.05) is 29.8 Å². The van der Waals surface area contributed by atoms with E-state index in [1.165, 1.54) is 55.2 Å². The molecule has 1 N–H and O–H groups in total. The van der Waals surface area contributed by atoms with Crippen LogP contribution in [0.2, 0.25) is 0 Å². The number of ether oxygens (including phenoxy) is 3. The van der Waals surface area contributed by atoms with Gasteiger partial charge in [0, 0.05) is 0 Å². The largest absolute Gasteiger partial charge is 0.497 e. The molecule has 0 aromatic heterocycles. The second-order valence-electron chi connectivity index (χ2n) is 6.45. The summed E-state index contributed by atoms with van der Waals surface area (Å²) in [6, 6.07) is 10.8. The Balaban J connectivity index is 2.46. The van der Waals surface area contributed by atoms with Gasteiger partial charge in [0.25, 0.3) is 0 Å². The van der Waals surface area contributed by atoms with Gasteiger partial charge in [-0.3, -0.25) is 0 Å². The Hall–Kier alpha value is -2.63. The SMILES string of the molecule is CCOC(=O)C(NS(=O)(=O)c1ccc(C)cc1)(OCc1ccc(OC)cc1)C(F)(F)F. The fourth-order valence-corrected chi connectivity index (χ4v) is 3.75. The number of nitrogens with one attached hydrogen (secondary N) is 1. The Labute approximate surface area is 178 Å². The quantitative estimate of drug-likeness (QED) is 0.455. The second kappa shape index (κ2) is 9.67. The summed E-state index contributed by atoms with van der Waals surface area (Å²) < 4.78 is 83.5. The van der Waals surface area contributed by atoms with E-state index in [-0.39, 0.29) is 5.56 Å². The van der Waals surface area contributed by atoms with Crippen LogP contribution in [0.3, 0.4) is 0 Å². The highest BCUT2D eigenvalue weighted by Gasteiger charge is 2.65. The van der Waals surface area contributed by atoms with Gasteiger partial charge in [0.15, 0.2) is 0 Å². The fourth-order valence-electron chi connectivity index (χ4n) is 2.50. The fraction of sp³-hybridized carbons (Fsp3) is 0.350. The summed E-state index contributed by atoms with van der Waals surface area (Å²) in [5.41, 5.74) is -3.01. The van der Waals surface area contributed by atoms with Crippen LogP contribution in [0.4, 0.5) is 13.2 Å². The summed E-state index contributed by atoms with van der Waals surface area (Å²) >= 11 is 0. The molecule has 0 fully saturated rings. The minimum Gasteiger partial charge on any atom is -0.497 e. The molecule has 170 valence electrons. The Morgan fingerprint density at radius 2 is 1.61 bits per heavy atom. The van der Waals surface area contributed by atoms with Gasteiger partial charge in [0.1, 0.15) is 5.75 Å². The van der Waals surface area contributed by atoms with E-state index in [0.29, 0.717) is 11.3 Å². The van der Waals surface area contributed by atoms with Crippen molar-refractivity contribution >= 4 is 16.0 Å². The molecule has 2 rings (SSSR count). The van der Waals surface area contributed by atoms with Gasteiger partial charge >= 0.3 is 17.9 Å². The second-order valence-corrected chi connectivity index (χ2v) is 8.14. The zero-order chi connectivity index (χ0) is 23.3. The number of carbonyl (C=O) groups excluding carboxylic acids is 1. The molecule has 1 atom stereocenters. The number of methoxy groups -OCH3 is 1. The Kier molecular flexibility index (Phi) is 7.68. The molecule has 0 aliphatic carbocycles. The van der Waals surface area contributed by atoms with E-state index in [4.69, 9.17) is 9.47 Å². The van der Waals surface area contributed by atoms with Gasteiger partial charge in [-0.15, -0.1) is 0 Å². The summed E-state index contributed by atoms with van der Waals surface area (Å²) in [6.07, 6.45) is -5.47. The molecule has 11 heteroatoms. The molecule has 0 spiro atoms. The minimum atomic E-state index is -5.47. The Morgan fingerprint density at radius 3 is 2.10 bits per heavy atom. The third-order valence-electron chi connectivity index (χ3n) is 4.19. The number of rotatable bonds is 9. The number of hydrogen-bond donors (Lipinski definition) is 1. The van der Waals surface area contributed by atoms with Crippen molar-refractivity contribution in [1.29, 1.82) is 0 Å². The van der Waals surface area contributed by atoms with Crippen LogP contribution in [0.5, 0.6) is 5.75 Å². The van der Waals surface area contributed by atoms with Crippen LogP contribution in [0.15, 0.2) is 53.4 Å². The first-order chi connectivity index (χ1) is 14.4. The molecule has 0 saturated carbocycles. The standard InChI is InChI=1S/C20H22F3NO6S/c1-4-29-18(25)19(20(21,22)23,30-13-15-7-9-16(28-3)10-8-15)24-31(26,27)17-11-5-14(2)6-12-17/h5-12,24H,4,13H2,1-3H3. The first kappa shape index (κ1) is 24.6. The Bertz CT molecular complexity index is 991. The van der Waals surface area contributed by atoms with E-state index in [9.17, 15) is 26.4 Å². The zero-order valence-corrected chi connectivity index (χ0v) is 17.8. The molecule has 0 aliphatic heterocycles. The van der Waals surface area contributed by atoms with Crippen LogP contribution in [0.1, 0.15) is 18.1 Å². The summed E-state index contributed by atoms with van der Waals surface area (Å²) in [5.74, 6) is -1.47. The van der Waals surface area contributed by atoms with Gasteiger partial charge < -0.3 is 14.2 Å². The number of aryl methyl sites for hydroxylation is 1. The molecule has 7 nitrogen and oxygen atoms in total. The predicted octanol–water partition coefficient (Wildman–Crippen LogP) is 3.32. The Morgan fingerprint density at radius 1 is 1.03 bits per heavy atom. The van der Waals surface area contributed by atoms with E-state index in [1.54, 1.807) is 6.92 Å². The smallest absolute Gasteiger partial charge is 0.443 e. The molecule has 0 bridgehead atoms. The van der Waals surface area contributed by atoms with E-state index in [1.807, 2.05) is 0 Å². The summed E-state index contributed by atoms with van der Waals surface area (Å²) in [7, 11) is -3.39. The van der Waals surface area contributed by atoms with Crippen molar-refractivity contribution in [2.45, 2.75) is 37.3 Å². The molecule has 0 saturated heterocycles. The maximum absolute atomic E-state index is 14.1. The normalized spacial score (nSPS) is 14.0. The van der Waals surface area contributed by atoms with Crippen molar-refractivity contribution in [2.75, 3.05) is 13.7 Å². The maximum atomic E-state index is 14.1. The number of halogens is 3. The van der Waals surface area contributed by atoms with E-state index in [2.05, 4.69) is 4.74 Å². The lowest BCUT2D eigenvalue weighted by Gasteiger charge is -2.33. The van der Waals surface area contributed by atoms with E-state index >= 15 is 0 Å². The van der Waals surface area contributed by atoms with Crippen molar-refractivity contribution in [2.24, 2.45) is 0 Å². The average molecular weight is 461 g/mol. The predicted molar refractivity (Wildman–Crippen MR) is 105 cm³/mol. The van der Waals surface area contributed by atoms with Crippen molar-refractivity contribution < 1.29 is 40.6 Å². The monoisotopic (exact) mass is 461 g/mol. The highest BCUT2D eigenvalue weighted by molar-refractivity contribution is 7.89. The van der Waals surface area contributed by atoms with Gasteiger partial charge in [-0.25, -0.2) is 13.2 Å². The number of sulfonamides is 1. The molecule has 2 aromatic carbocycles. The van der Waals surface area contributed by atoms with Crippen LogP contribution >= 0.6 is 0 Å². The highest BCUT2D eigenvalue weighted by atomic mass is 32.2. The molecule has 0 amide bonds. The zero-order valence-electron chi connectivity index (χ0n) is 17.0. The highest BCUT2D eigenvalue weighted by Crippen LogP contribution is 2.35. The maximum Gasteiger partial charge on any atom is 0.443 e. The van der Waals surface area contributed by atoms with Crippen molar-refractivity contribution in [1.82, 2.24) is 4.72 Å². The molecule has 0 aliphatic rings. The molecule has 1 unspecified atom stereocenters. The van der Waals surface area contributed by atoms with E-state index in [0.717, 1.165) is 12.1 Å². The molecule has 0 radical (unpaired) electrons. The summed E-state index contributed by atoms with van der Waals surface area (Å²) in [5, 5.41) is 0. The van der Waals surface area contributed by atoms with Crippen LogP contribution in [0.25, 0.3) is 0 Å². The number of alkyl halides is 3. The average Bonchev–Trinajstić information content (AvgIpc) is 2.71. The lowest BCUT2D eigenvalue weighted by molar-refractivity contribution is -0.284. The molecular formula is C20H22F3NO6S. The van der Waals surface area contributed by atoms with Gasteiger partial charge in [0.2, 0.25) is 10.0 Å².